The Labute approximate surface area is 136 Å². The fourth-order valence-electron chi connectivity index (χ4n) is 2.64. The molecule has 1 aromatic rings. The topological polar surface area (TPSA) is 57.7 Å². The Bertz CT molecular complexity index is 629. The summed E-state index contributed by atoms with van der Waals surface area (Å²) in [6.45, 7) is 0.750. The van der Waals surface area contributed by atoms with Gasteiger partial charge in [-0.05, 0) is 30.5 Å². The molecule has 5 nitrogen and oxygen atoms in total. The van der Waals surface area contributed by atoms with E-state index in [1.165, 1.54) is 9.21 Å². The average Bonchev–Trinajstić information content (AvgIpc) is 2.48. The molecule has 0 radical (unpaired) electrons. The lowest BCUT2D eigenvalue weighted by atomic mass is 9.98. The molecule has 7 heteroatoms. The highest BCUT2D eigenvalue weighted by Gasteiger charge is 2.32. The minimum absolute atomic E-state index is 0.00797. The number of benzene rings is 1. The van der Waals surface area contributed by atoms with Crippen molar-refractivity contribution < 1.29 is 13.2 Å². The zero-order chi connectivity index (χ0) is 16.3. The van der Waals surface area contributed by atoms with E-state index in [2.05, 4.69) is 0 Å². The molecule has 2 rings (SSSR count). The Morgan fingerprint density at radius 2 is 1.95 bits per heavy atom. The lowest BCUT2D eigenvalue weighted by molar-refractivity contribution is -0.134. The summed E-state index contributed by atoms with van der Waals surface area (Å²) in [7, 11) is -0.0261. The van der Waals surface area contributed by atoms with Gasteiger partial charge in [-0.2, -0.15) is 0 Å². The number of carbonyl (C=O) groups excluding carboxylic acids is 1. The molecule has 0 bridgehead atoms. The molecule has 1 aliphatic rings. The van der Waals surface area contributed by atoms with Crippen molar-refractivity contribution in [1.29, 1.82) is 0 Å². The SMILES string of the molecule is CN(C)C(=O)[C@@H]1CCCN(S(=O)(=O)Cc2ccc(Cl)cc2)C1. The highest BCUT2D eigenvalue weighted by molar-refractivity contribution is 7.88. The van der Waals surface area contributed by atoms with Crippen LogP contribution in [-0.2, 0) is 20.6 Å². The number of amides is 1. The van der Waals surface area contributed by atoms with E-state index in [9.17, 15) is 13.2 Å². The first-order chi connectivity index (χ1) is 10.3. The van der Waals surface area contributed by atoms with Crippen LogP contribution in [-0.4, -0.2) is 50.7 Å². The van der Waals surface area contributed by atoms with Crippen molar-refractivity contribution in [2.24, 2.45) is 5.92 Å². The lowest BCUT2D eigenvalue weighted by Crippen LogP contribution is -2.45. The van der Waals surface area contributed by atoms with E-state index in [-0.39, 0.29) is 24.1 Å². The molecule has 0 aliphatic carbocycles. The molecule has 22 heavy (non-hydrogen) atoms. The molecule has 0 aromatic heterocycles. The largest absolute Gasteiger partial charge is 0.349 e. The maximum atomic E-state index is 12.5. The number of nitrogens with zero attached hydrogens (tertiary/aromatic N) is 2. The van der Waals surface area contributed by atoms with Gasteiger partial charge < -0.3 is 4.90 Å². The normalized spacial score (nSPS) is 19.9. The van der Waals surface area contributed by atoms with Crippen LogP contribution >= 0.6 is 11.6 Å². The Kier molecular flexibility index (Phi) is 5.47. The summed E-state index contributed by atoms with van der Waals surface area (Å²) in [5.41, 5.74) is 0.699. The quantitative estimate of drug-likeness (QED) is 0.839. The first kappa shape index (κ1) is 17.2. The zero-order valence-corrected chi connectivity index (χ0v) is 14.4. The Hall–Kier alpha value is -1.11. The van der Waals surface area contributed by atoms with E-state index < -0.39 is 10.0 Å². The van der Waals surface area contributed by atoms with Gasteiger partial charge in [-0.15, -0.1) is 0 Å². The molecule has 1 amide bonds. The van der Waals surface area contributed by atoms with Crippen LogP contribution in [0.2, 0.25) is 5.02 Å². The van der Waals surface area contributed by atoms with Crippen molar-refractivity contribution in [2.45, 2.75) is 18.6 Å². The van der Waals surface area contributed by atoms with Gasteiger partial charge in [0.25, 0.3) is 0 Å². The molecule has 1 atom stereocenters. The third-order valence-corrected chi connectivity index (χ3v) is 5.90. The molecule has 0 N–H and O–H groups in total. The van der Waals surface area contributed by atoms with Crippen molar-refractivity contribution in [3.63, 3.8) is 0 Å². The third-order valence-electron chi connectivity index (χ3n) is 3.83. The van der Waals surface area contributed by atoms with Gasteiger partial charge in [0.2, 0.25) is 15.9 Å². The van der Waals surface area contributed by atoms with Gasteiger partial charge in [0.1, 0.15) is 0 Å². The van der Waals surface area contributed by atoms with Gasteiger partial charge in [-0.3, -0.25) is 4.79 Å². The predicted molar refractivity (Wildman–Crippen MR) is 87.1 cm³/mol. The van der Waals surface area contributed by atoms with Gasteiger partial charge in [0.05, 0.1) is 11.7 Å². The maximum Gasteiger partial charge on any atom is 0.226 e. The van der Waals surface area contributed by atoms with Crippen LogP contribution in [0.25, 0.3) is 0 Å². The molecule has 1 heterocycles. The number of hydrogen-bond donors (Lipinski definition) is 0. The number of rotatable bonds is 4. The van der Waals surface area contributed by atoms with Gasteiger partial charge >= 0.3 is 0 Å². The Balaban J connectivity index is 2.08. The van der Waals surface area contributed by atoms with Gasteiger partial charge in [0.15, 0.2) is 0 Å². The smallest absolute Gasteiger partial charge is 0.226 e. The molecule has 1 saturated heterocycles. The van der Waals surface area contributed by atoms with Crippen LogP contribution in [0.4, 0.5) is 0 Å². The summed E-state index contributed by atoms with van der Waals surface area (Å²) in [4.78, 5) is 13.6. The fourth-order valence-corrected chi connectivity index (χ4v) is 4.38. The average molecular weight is 345 g/mol. The molecular weight excluding hydrogens is 324 g/mol. The highest BCUT2D eigenvalue weighted by atomic mass is 35.5. The summed E-state index contributed by atoms with van der Waals surface area (Å²) in [5, 5.41) is 0.579. The van der Waals surface area contributed by atoms with Gasteiger partial charge in [0, 0.05) is 32.2 Å². The standard InChI is InChI=1S/C15H21ClN2O3S/c1-17(2)15(19)13-4-3-9-18(10-13)22(20,21)11-12-5-7-14(16)8-6-12/h5-8,13H,3-4,9-11H2,1-2H3/t13-/m1/s1. The summed E-state index contributed by atoms with van der Waals surface area (Å²) < 4.78 is 26.5. The summed E-state index contributed by atoms with van der Waals surface area (Å²) in [5.74, 6) is -0.317. The van der Waals surface area contributed by atoms with E-state index in [4.69, 9.17) is 11.6 Å². The first-order valence-electron chi connectivity index (χ1n) is 7.23. The molecular formula is C15H21ClN2O3S. The van der Waals surface area contributed by atoms with E-state index in [0.717, 1.165) is 6.42 Å². The van der Waals surface area contributed by atoms with Gasteiger partial charge in [-0.25, -0.2) is 12.7 Å². The molecule has 1 aromatic carbocycles. The van der Waals surface area contributed by atoms with Gasteiger partial charge in [-0.1, -0.05) is 23.7 Å². The Morgan fingerprint density at radius 3 is 2.55 bits per heavy atom. The van der Waals surface area contributed by atoms with E-state index in [0.29, 0.717) is 23.6 Å². The number of piperidine rings is 1. The summed E-state index contributed by atoms with van der Waals surface area (Å²) in [6, 6.07) is 6.79. The molecule has 0 spiro atoms. The third kappa shape index (κ3) is 4.21. The van der Waals surface area contributed by atoms with Crippen molar-refractivity contribution >= 4 is 27.5 Å². The lowest BCUT2D eigenvalue weighted by Gasteiger charge is -2.32. The predicted octanol–water partition coefficient (Wildman–Crippen LogP) is 1.97. The molecule has 1 fully saturated rings. The number of halogens is 1. The number of carbonyl (C=O) groups is 1. The second kappa shape index (κ2) is 6.98. The van der Waals surface area contributed by atoms with Crippen molar-refractivity contribution in [1.82, 2.24) is 9.21 Å². The zero-order valence-electron chi connectivity index (χ0n) is 12.8. The Morgan fingerprint density at radius 1 is 1.32 bits per heavy atom. The van der Waals surface area contributed by atoms with E-state index in [1.54, 1.807) is 38.4 Å². The highest BCUT2D eigenvalue weighted by Crippen LogP contribution is 2.23. The minimum atomic E-state index is -3.42. The molecule has 1 aliphatic heterocycles. The monoisotopic (exact) mass is 344 g/mol. The molecule has 122 valence electrons. The van der Waals surface area contributed by atoms with Crippen molar-refractivity contribution in [3.8, 4) is 0 Å². The van der Waals surface area contributed by atoms with Crippen LogP contribution in [0, 0.1) is 5.92 Å². The summed E-state index contributed by atoms with van der Waals surface area (Å²) >= 11 is 5.81. The first-order valence-corrected chi connectivity index (χ1v) is 9.22. The van der Waals surface area contributed by atoms with Crippen molar-refractivity contribution in [2.75, 3.05) is 27.2 Å². The second-order valence-electron chi connectivity index (χ2n) is 5.81. The van der Waals surface area contributed by atoms with E-state index in [1.807, 2.05) is 0 Å². The number of sulfonamides is 1. The van der Waals surface area contributed by atoms with Crippen LogP contribution < -0.4 is 0 Å². The van der Waals surface area contributed by atoms with Crippen LogP contribution in [0.15, 0.2) is 24.3 Å². The van der Waals surface area contributed by atoms with Crippen LogP contribution in [0.3, 0.4) is 0 Å². The maximum absolute atomic E-state index is 12.5. The van der Waals surface area contributed by atoms with E-state index >= 15 is 0 Å². The number of hydrogen-bond acceptors (Lipinski definition) is 3. The van der Waals surface area contributed by atoms with Crippen LogP contribution in [0.5, 0.6) is 0 Å². The fraction of sp³-hybridized carbons (Fsp3) is 0.533. The summed E-state index contributed by atoms with van der Waals surface area (Å²) in [6.07, 6.45) is 1.45. The minimum Gasteiger partial charge on any atom is -0.349 e. The molecule has 0 saturated carbocycles. The van der Waals surface area contributed by atoms with Crippen LogP contribution in [0.1, 0.15) is 18.4 Å². The van der Waals surface area contributed by atoms with Crippen molar-refractivity contribution in [3.05, 3.63) is 34.9 Å². The second-order valence-corrected chi connectivity index (χ2v) is 8.22. The molecule has 0 unspecified atom stereocenters.